The summed E-state index contributed by atoms with van der Waals surface area (Å²) in [5, 5.41) is 2.92. The predicted molar refractivity (Wildman–Crippen MR) is 244 cm³/mol. The summed E-state index contributed by atoms with van der Waals surface area (Å²) in [6, 6.07) is 23.8. The normalized spacial score (nSPS) is 16.9. The summed E-state index contributed by atoms with van der Waals surface area (Å²) in [7, 11) is -2.36. The van der Waals surface area contributed by atoms with E-state index >= 15 is 4.79 Å². The Morgan fingerprint density at radius 3 is 2.08 bits per heavy atom. The second-order valence-corrected chi connectivity index (χ2v) is 25.2. The first-order valence-electron chi connectivity index (χ1n) is 22.0. The lowest BCUT2D eigenvalue weighted by atomic mass is 9.89. The second kappa shape index (κ2) is 17.1. The van der Waals surface area contributed by atoms with Gasteiger partial charge >= 0.3 is 12.2 Å². The van der Waals surface area contributed by atoms with Crippen LogP contribution in [-0.4, -0.2) is 74.2 Å². The van der Waals surface area contributed by atoms with E-state index in [9.17, 15) is 14.0 Å². The van der Waals surface area contributed by atoms with Crippen LogP contribution in [0.2, 0.25) is 18.1 Å². The molecule has 330 valence electrons. The molecule has 7 rings (SSSR count). The molecule has 12 heteroatoms. The van der Waals surface area contributed by atoms with Gasteiger partial charge in [-0.2, -0.15) is 0 Å². The number of nitrogens with one attached hydrogen (secondary N) is 1. The maximum absolute atomic E-state index is 15.2. The van der Waals surface area contributed by atoms with Crippen molar-refractivity contribution in [2.75, 3.05) is 31.1 Å². The number of anilines is 1. The number of nitrogens with zero attached hydrogens (tertiary/aromatic N) is 3. The number of ether oxygens (including phenoxy) is 2. The summed E-state index contributed by atoms with van der Waals surface area (Å²) in [6.07, 6.45) is 1.06. The first kappa shape index (κ1) is 44.8. The van der Waals surface area contributed by atoms with E-state index in [2.05, 4.69) is 77.3 Å². The Balaban J connectivity index is 1.18. The number of benzene rings is 3. The van der Waals surface area contributed by atoms with Crippen LogP contribution in [0.15, 0.2) is 78.9 Å². The van der Waals surface area contributed by atoms with Crippen molar-refractivity contribution in [2.24, 2.45) is 5.92 Å². The monoisotopic (exact) mass is 862 g/mol. The van der Waals surface area contributed by atoms with E-state index < -0.39 is 31.5 Å². The molecule has 4 aromatic rings. The van der Waals surface area contributed by atoms with Crippen LogP contribution in [0.4, 0.5) is 19.7 Å². The fourth-order valence-electron chi connectivity index (χ4n) is 8.62. The van der Waals surface area contributed by atoms with Crippen LogP contribution in [0.25, 0.3) is 11.1 Å². The van der Waals surface area contributed by atoms with E-state index in [1.807, 2.05) is 51.1 Å². The Kier molecular flexibility index (Phi) is 12.4. The van der Waals surface area contributed by atoms with Gasteiger partial charge in [0.15, 0.2) is 0 Å². The van der Waals surface area contributed by atoms with Gasteiger partial charge in [0.25, 0.3) is 8.32 Å². The van der Waals surface area contributed by atoms with Crippen LogP contribution in [0.5, 0.6) is 5.88 Å². The summed E-state index contributed by atoms with van der Waals surface area (Å²) >= 11 is 0. The molecular formula is C50H63FN4O6Si. The highest BCUT2D eigenvalue weighted by Crippen LogP contribution is 2.46. The summed E-state index contributed by atoms with van der Waals surface area (Å²) < 4.78 is 32.6. The molecule has 3 amide bonds. The van der Waals surface area contributed by atoms with Crippen molar-refractivity contribution in [3.05, 3.63) is 113 Å². The van der Waals surface area contributed by atoms with Crippen LogP contribution < -0.4 is 14.6 Å². The minimum absolute atomic E-state index is 0.0409. The Bertz CT molecular complexity index is 2260. The standard InChI is InChI=1S/C50H63FN4O6Si/c1-48(2,3)60-47(58)54-25-23-33(24-26-54)28-41(52-46(57)59-30-40-38-17-13-11-15-36(38)37-16-12-14-18-39(37)40)45(56)55-31-50(7,8)43-42(55)29-34(27-32-19-21-35(51)22-20-32)44(53-43)61-62(9,10)49(4,5)6/h11-22,29,33,40-41H,23-28,30-31H2,1-10H3,(H,52,57)/t41-/m0/s1. The van der Waals surface area contributed by atoms with E-state index in [1.54, 1.807) is 21.9 Å². The quantitative estimate of drug-likeness (QED) is 0.158. The molecule has 0 saturated carbocycles. The fraction of sp³-hybridized carbons (Fsp3) is 0.480. The number of hydrogen-bond acceptors (Lipinski definition) is 7. The third kappa shape index (κ3) is 9.70. The Morgan fingerprint density at radius 1 is 0.903 bits per heavy atom. The third-order valence-electron chi connectivity index (χ3n) is 13.0. The molecule has 1 N–H and O–H groups in total. The van der Waals surface area contributed by atoms with Crippen molar-refractivity contribution in [3.8, 4) is 17.0 Å². The van der Waals surface area contributed by atoms with Gasteiger partial charge in [-0.05, 0) is 110 Å². The number of piperidine rings is 1. The van der Waals surface area contributed by atoms with Crippen LogP contribution in [0.1, 0.15) is 109 Å². The highest BCUT2D eigenvalue weighted by Gasteiger charge is 2.45. The highest BCUT2D eigenvalue weighted by atomic mass is 28.4. The van der Waals surface area contributed by atoms with Crippen molar-refractivity contribution in [3.63, 3.8) is 0 Å². The van der Waals surface area contributed by atoms with E-state index in [1.165, 1.54) is 12.1 Å². The lowest BCUT2D eigenvalue weighted by Gasteiger charge is -2.37. The van der Waals surface area contributed by atoms with Crippen LogP contribution in [-0.2, 0) is 26.1 Å². The van der Waals surface area contributed by atoms with Gasteiger partial charge in [-0.25, -0.2) is 19.0 Å². The lowest BCUT2D eigenvalue weighted by Crippen LogP contribution is -2.51. The number of halogens is 1. The first-order chi connectivity index (χ1) is 29.1. The number of carbonyl (C=O) groups is 3. The number of likely N-dealkylation sites (tertiary alicyclic amines) is 1. The number of rotatable bonds is 10. The number of hydrogen-bond donors (Lipinski definition) is 1. The number of pyridine rings is 1. The molecule has 62 heavy (non-hydrogen) atoms. The van der Waals surface area contributed by atoms with Crippen LogP contribution in [0, 0.1) is 11.7 Å². The number of fused-ring (bicyclic) bond motifs is 4. The summed E-state index contributed by atoms with van der Waals surface area (Å²) in [5.74, 6) is -0.139. The molecule has 1 fully saturated rings. The molecule has 1 saturated heterocycles. The maximum atomic E-state index is 15.2. The number of carbonyl (C=O) groups excluding carboxylic acids is 3. The molecule has 1 aliphatic carbocycles. The average molecular weight is 863 g/mol. The van der Waals surface area contributed by atoms with Gasteiger partial charge in [0.05, 0.1) is 11.4 Å². The van der Waals surface area contributed by atoms with Crippen molar-refractivity contribution in [2.45, 2.75) is 122 Å². The van der Waals surface area contributed by atoms with Crippen molar-refractivity contribution >= 4 is 32.1 Å². The highest BCUT2D eigenvalue weighted by molar-refractivity contribution is 6.74. The first-order valence-corrected chi connectivity index (χ1v) is 24.9. The largest absolute Gasteiger partial charge is 0.530 e. The Labute approximate surface area is 367 Å². The van der Waals surface area contributed by atoms with Gasteiger partial charge in [0.1, 0.15) is 24.1 Å². The molecule has 0 spiro atoms. The number of amides is 3. The number of alkyl carbamates (subject to hydrolysis) is 1. The van der Waals surface area contributed by atoms with E-state index in [0.717, 1.165) is 39.1 Å². The van der Waals surface area contributed by atoms with Crippen molar-refractivity contribution in [1.29, 1.82) is 0 Å². The molecule has 0 unspecified atom stereocenters. The predicted octanol–water partition coefficient (Wildman–Crippen LogP) is 10.8. The van der Waals surface area contributed by atoms with Gasteiger partial charge in [-0.15, -0.1) is 0 Å². The third-order valence-corrected chi connectivity index (χ3v) is 17.3. The zero-order valence-electron chi connectivity index (χ0n) is 38.1. The van der Waals surface area contributed by atoms with Crippen LogP contribution in [0.3, 0.4) is 0 Å². The maximum Gasteiger partial charge on any atom is 0.410 e. The zero-order chi connectivity index (χ0) is 44.8. The van der Waals surface area contributed by atoms with E-state index in [0.29, 0.717) is 56.9 Å². The molecule has 0 radical (unpaired) electrons. The average Bonchev–Trinajstić information content (AvgIpc) is 3.66. The van der Waals surface area contributed by atoms with Crippen LogP contribution >= 0.6 is 0 Å². The Hall–Kier alpha value is -5.23. The molecule has 1 atom stereocenters. The SMILES string of the molecule is CC(C)(C)OC(=O)N1CCC(C[C@H](NC(=O)OCC2c3ccccc3-c3ccccc32)C(=O)N2CC(C)(C)c3nc(O[Si](C)(C)C(C)(C)C)c(Cc4ccc(F)cc4)cc32)CC1. The van der Waals surface area contributed by atoms with E-state index in [-0.39, 0.29) is 41.3 Å². The summed E-state index contributed by atoms with van der Waals surface area (Å²) in [4.78, 5) is 50.7. The zero-order valence-corrected chi connectivity index (χ0v) is 39.1. The Morgan fingerprint density at radius 2 is 1.50 bits per heavy atom. The lowest BCUT2D eigenvalue weighted by molar-refractivity contribution is -0.121. The van der Waals surface area contributed by atoms with Gasteiger partial charge in [0, 0.05) is 43.0 Å². The van der Waals surface area contributed by atoms with Crippen molar-refractivity contribution in [1.82, 2.24) is 15.2 Å². The number of aromatic nitrogens is 1. The van der Waals surface area contributed by atoms with Gasteiger partial charge < -0.3 is 29.0 Å². The smallest absolute Gasteiger partial charge is 0.410 e. The minimum atomic E-state index is -2.36. The van der Waals surface area contributed by atoms with E-state index in [4.69, 9.17) is 18.9 Å². The van der Waals surface area contributed by atoms with Gasteiger partial charge in [-0.3, -0.25) is 4.79 Å². The molecular weight excluding hydrogens is 800 g/mol. The molecule has 0 bridgehead atoms. The van der Waals surface area contributed by atoms with Crippen molar-refractivity contribution < 1.29 is 32.7 Å². The second-order valence-electron chi connectivity index (χ2n) is 20.5. The molecule has 3 heterocycles. The fourth-order valence-corrected chi connectivity index (χ4v) is 9.58. The minimum Gasteiger partial charge on any atom is -0.530 e. The summed E-state index contributed by atoms with van der Waals surface area (Å²) in [5.41, 5.74) is 6.40. The molecule has 2 aliphatic heterocycles. The van der Waals surface area contributed by atoms with Gasteiger partial charge in [-0.1, -0.05) is 95.3 Å². The topological polar surface area (TPSA) is 110 Å². The van der Waals surface area contributed by atoms with Gasteiger partial charge in [0.2, 0.25) is 11.8 Å². The molecule has 10 nitrogen and oxygen atoms in total. The molecule has 3 aliphatic rings. The summed E-state index contributed by atoms with van der Waals surface area (Å²) in [6.45, 7) is 22.0. The molecule has 3 aromatic carbocycles. The molecule has 1 aromatic heterocycles.